The first-order valence-electron chi connectivity index (χ1n) is 10.3. The summed E-state index contributed by atoms with van der Waals surface area (Å²) in [5.74, 6) is 1.77. The van der Waals surface area contributed by atoms with Crippen LogP contribution in [0.3, 0.4) is 0 Å². The maximum Gasteiger partial charge on any atom is 0.223 e. The average Bonchev–Trinajstić information content (AvgIpc) is 3.14. The van der Waals surface area contributed by atoms with Gasteiger partial charge in [-0.3, -0.25) is 9.69 Å². The van der Waals surface area contributed by atoms with E-state index in [-0.39, 0.29) is 5.91 Å². The number of rotatable bonds is 9. The number of ether oxygens (including phenoxy) is 1. The summed E-state index contributed by atoms with van der Waals surface area (Å²) in [4.78, 5) is 17.4. The quantitative estimate of drug-likeness (QED) is 0.649. The van der Waals surface area contributed by atoms with Gasteiger partial charge in [0.25, 0.3) is 0 Å². The van der Waals surface area contributed by atoms with Gasteiger partial charge in [0, 0.05) is 45.0 Å². The molecule has 1 heterocycles. The number of carbonyl (C=O) groups excluding carboxylic acids is 1. The van der Waals surface area contributed by atoms with Crippen molar-refractivity contribution in [2.45, 2.75) is 38.1 Å². The van der Waals surface area contributed by atoms with E-state index in [4.69, 9.17) is 4.74 Å². The number of amides is 1. The monoisotopic (exact) mass is 390 g/mol. The Morgan fingerprint density at radius 3 is 2.70 bits per heavy atom. The standard InChI is InChI=1S/C22H34N2O2S/c1-26-12-11-24(22(25)9-13-27-2)17-18-6-5-10-23(16-18)21-14-19-7-3-4-8-20(19)15-21/h3-4,7-8,18,21H,5-6,9-17H2,1-2H3/t18-/m0/s1. The number of benzene rings is 1. The van der Waals surface area contributed by atoms with Crippen LogP contribution in [0.15, 0.2) is 24.3 Å². The lowest BCUT2D eigenvalue weighted by molar-refractivity contribution is -0.132. The molecular formula is C22H34N2O2S. The van der Waals surface area contributed by atoms with Crippen LogP contribution in [-0.2, 0) is 22.4 Å². The molecule has 2 aliphatic rings. The maximum atomic E-state index is 12.6. The van der Waals surface area contributed by atoms with Crippen molar-refractivity contribution >= 4 is 17.7 Å². The SMILES string of the molecule is COCCN(C[C@H]1CCCN(C2Cc3ccccc3C2)C1)C(=O)CCSC. The van der Waals surface area contributed by atoms with E-state index in [2.05, 4.69) is 40.3 Å². The molecule has 4 nitrogen and oxygen atoms in total. The third kappa shape index (κ3) is 5.72. The normalized spacial score (nSPS) is 20.6. The van der Waals surface area contributed by atoms with Crippen LogP contribution < -0.4 is 0 Å². The summed E-state index contributed by atoms with van der Waals surface area (Å²) >= 11 is 1.74. The molecule has 0 unspecified atom stereocenters. The zero-order valence-corrected chi connectivity index (χ0v) is 17.7. The predicted octanol–water partition coefficient (Wildman–Crippen LogP) is 3.09. The van der Waals surface area contributed by atoms with Crippen LogP contribution in [0.2, 0.25) is 0 Å². The van der Waals surface area contributed by atoms with Crippen LogP contribution in [0, 0.1) is 5.92 Å². The van der Waals surface area contributed by atoms with E-state index in [1.165, 1.54) is 43.4 Å². The molecule has 1 aliphatic carbocycles. The van der Waals surface area contributed by atoms with E-state index in [9.17, 15) is 4.79 Å². The highest BCUT2D eigenvalue weighted by molar-refractivity contribution is 7.98. The molecule has 1 aromatic rings. The second kappa shape index (κ2) is 10.5. The summed E-state index contributed by atoms with van der Waals surface area (Å²) in [6, 6.07) is 9.54. The Bertz CT molecular complexity index is 585. The molecule has 5 heteroatoms. The van der Waals surface area contributed by atoms with E-state index in [0.29, 0.717) is 25.0 Å². The minimum atomic E-state index is 0.284. The van der Waals surface area contributed by atoms with Gasteiger partial charge in [0.1, 0.15) is 0 Å². The number of thioether (sulfide) groups is 1. The van der Waals surface area contributed by atoms with Gasteiger partial charge in [-0.1, -0.05) is 24.3 Å². The van der Waals surface area contributed by atoms with Crippen molar-refractivity contribution in [3.8, 4) is 0 Å². The second-order valence-electron chi connectivity index (χ2n) is 7.91. The number of hydrogen-bond acceptors (Lipinski definition) is 4. The van der Waals surface area contributed by atoms with Crippen LogP contribution >= 0.6 is 11.8 Å². The lowest BCUT2D eigenvalue weighted by atomic mass is 9.95. The van der Waals surface area contributed by atoms with E-state index < -0.39 is 0 Å². The molecule has 27 heavy (non-hydrogen) atoms. The summed E-state index contributed by atoms with van der Waals surface area (Å²) < 4.78 is 5.24. The third-order valence-electron chi connectivity index (χ3n) is 6.01. The van der Waals surface area contributed by atoms with Crippen molar-refractivity contribution in [1.29, 1.82) is 0 Å². The summed E-state index contributed by atoms with van der Waals surface area (Å²) in [7, 11) is 1.71. The highest BCUT2D eigenvalue weighted by atomic mass is 32.2. The van der Waals surface area contributed by atoms with E-state index in [0.717, 1.165) is 25.4 Å². The molecular weight excluding hydrogens is 356 g/mol. The Morgan fingerprint density at radius 1 is 1.30 bits per heavy atom. The van der Waals surface area contributed by atoms with Crippen molar-refractivity contribution in [3.05, 3.63) is 35.4 Å². The summed E-state index contributed by atoms with van der Waals surface area (Å²) in [6.07, 6.45) is 7.54. The molecule has 1 atom stereocenters. The van der Waals surface area contributed by atoms with Gasteiger partial charge in [0.15, 0.2) is 0 Å². The Kier molecular flexibility index (Phi) is 8.04. The Hall–Kier alpha value is -1.04. The van der Waals surface area contributed by atoms with Crippen LogP contribution in [0.5, 0.6) is 0 Å². The molecule has 1 saturated heterocycles. The Labute approximate surface area is 168 Å². The van der Waals surface area contributed by atoms with Crippen molar-refractivity contribution in [2.24, 2.45) is 5.92 Å². The molecule has 0 N–H and O–H groups in total. The molecule has 0 aromatic heterocycles. The Balaban J connectivity index is 1.55. The van der Waals surface area contributed by atoms with Crippen LogP contribution in [-0.4, -0.2) is 73.7 Å². The minimum absolute atomic E-state index is 0.284. The molecule has 1 amide bonds. The fourth-order valence-corrected chi connectivity index (χ4v) is 4.93. The molecule has 0 bridgehead atoms. The number of carbonyl (C=O) groups is 1. The highest BCUT2D eigenvalue weighted by Crippen LogP contribution is 2.29. The van der Waals surface area contributed by atoms with Gasteiger partial charge in [-0.15, -0.1) is 0 Å². The van der Waals surface area contributed by atoms with Crippen molar-refractivity contribution < 1.29 is 9.53 Å². The first kappa shape index (κ1) is 20.7. The summed E-state index contributed by atoms with van der Waals surface area (Å²) in [6.45, 7) is 4.55. The van der Waals surface area contributed by atoms with E-state index in [1.807, 2.05) is 0 Å². The van der Waals surface area contributed by atoms with E-state index >= 15 is 0 Å². The van der Waals surface area contributed by atoms with Gasteiger partial charge in [0.2, 0.25) is 5.91 Å². The number of likely N-dealkylation sites (tertiary alicyclic amines) is 1. The number of nitrogens with zero attached hydrogens (tertiary/aromatic N) is 2. The Morgan fingerprint density at radius 2 is 2.04 bits per heavy atom. The highest BCUT2D eigenvalue weighted by Gasteiger charge is 2.31. The largest absolute Gasteiger partial charge is 0.383 e. The summed E-state index contributed by atoms with van der Waals surface area (Å²) in [5.41, 5.74) is 3.05. The predicted molar refractivity (Wildman–Crippen MR) is 113 cm³/mol. The number of methoxy groups -OCH3 is 1. The first-order valence-corrected chi connectivity index (χ1v) is 11.7. The van der Waals surface area contributed by atoms with Crippen molar-refractivity contribution in [2.75, 3.05) is 51.9 Å². The van der Waals surface area contributed by atoms with Gasteiger partial charge in [-0.2, -0.15) is 11.8 Å². The van der Waals surface area contributed by atoms with Gasteiger partial charge in [0.05, 0.1) is 6.61 Å². The summed E-state index contributed by atoms with van der Waals surface area (Å²) in [5, 5.41) is 0. The van der Waals surface area contributed by atoms with Gasteiger partial charge in [-0.25, -0.2) is 0 Å². The smallest absolute Gasteiger partial charge is 0.223 e. The first-order chi connectivity index (χ1) is 13.2. The molecule has 0 saturated carbocycles. The van der Waals surface area contributed by atoms with E-state index in [1.54, 1.807) is 18.9 Å². The van der Waals surface area contributed by atoms with Crippen LogP contribution in [0.1, 0.15) is 30.4 Å². The molecule has 150 valence electrons. The fraction of sp³-hybridized carbons (Fsp3) is 0.682. The number of hydrogen-bond donors (Lipinski definition) is 0. The molecule has 0 radical (unpaired) electrons. The zero-order chi connectivity index (χ0) is 19.1. The second-order valence-corrected chi connectivity index (χ2v) is 8.89. The lowest BCUT2D eigenvalue weighted by Gasteiger charge is -2.38. The maximum absolute atomic E-state index is 12.6. The van der Waals surface area contributed by atoms with Crippen LogP contribution in [0.4, 0.5) is 0 Å². The fourth-order valence-electron chi connectivity index (χ4n) is 4.55. The number of fused-ring (bicyclic) bond motifs is 1. The van der Waals surface area contributed by atoms with Crippen LogP contribution in [0.25, 0.3) is 0 Å². The zero-order valence-electron chi connectivity index (χ0n) is 16.9. The topological polar surface area (TPSA) is 32.8 Å². The minimum Gasteiger partial charge on any atom is -0.383 e. The van der Waals surface area contributed by atoms with Gasteiger partial charge in [-0.05, 0) is 55.5 Å². The molecule has 3 rings (SSSR count). The third-order valence-corrected chi connectivity index (χ3v) is 6.63. The van der Waals surface area contributed by atoms with Crippen molar-refractivity contribution in [1.82, 2.24) is 9.80 Å². The van der Waals surface area contributed by atoms with Gasteiger partial charge >= 0.3 is 0 Å². The number of piperidine rings is 1. The molecule has 1 aliphatic heterocycles. The average molecular weight is 391 g/mol. The van der Waals surface area contributed by atoms with Gasteiger partial charge < -0.3 is 9.64 Å². The lowest BCUT2D eigenvalue weighted by Crippen LogP contribution is -2.47. The molecule has 1 aromatic carbocycles. The van der Waals surface area contributed by atoms with Crippen molar-refractivity contribution in [3.63, 3.8) is 0 Å². The molecule has 0 spiro atoms. The molecule has 1 fully saturated rings.